The Labute approximate surface area is 385 Å². The molecule has 63 heavy (non-hydrogen) atoms. The Morgan fingerprint density at radius 2 is 0.841 bits per heavy atom. The van der Waals surface area contributed by atoms with Crippen LogP contribution in [0.5, 0.6) is 0 Å². The highest BCUT2D eigenvalue weighted by molar-refractivity contribution is 5.54. The lowest BCUT2D eigenvalue weighted by Crippen LogP contribution is -2.18. The Bertz CT molecular complexity index is 2330. The molecular formula is C63H80. The van der Waals surface area contributed by atoms with Gasteiger partial charge in [-0.3, -0.25) is 0 Å². The Hall–Kier alpha value is -4.68. The van der Waals surface area contributed by atoms with Gasteiger partial charge in [0.05, 0.1) is 0 Å². The summed E-state index contributed by atoms with van der Waals surface area (Å²) in [6, 6.07) is 48.6. The smallest absolute Gasteiger partial charge is 0.0129 e. The van der Waals surface area contributed by atoms with Crippen molar-refractivity contribution in [1.29, 1.82) is 0 Å². The first-order valence-electron chi connectivity index (χ1n) is 25.0. The van der Waals surface area contributed by atoms with Crippen molar-refractivity contribution in [2.45, 2.75) is 170 Å². The average molecular weight is 837 g/mol. The minimum Gasteiger partial charge on any atom is -0.0654 e. The second-order valence-electron chi connectivity index (χ2n) is 20.2. The third kappa shape index (κ3) is 13.0. The molecule has 6 rings (SSSR count). The second kappa shape index (κ2) is 23.3. The minimum absolute atomic E-state index is 0.0934. The predicted octanol–water partition coefficient (Wildman–Crippen LogP) is 16.3. The summed E-state index contributed by atoms with van der Waals surface area (Å²) >= 11 is 0. The molecule has 0 amide bonds. The van der Waals surface area contributed by atoms with E-state index in [9.17, 15) is 0 Å². The van der Waals surface area contributed by atoms with E-state index in [4.69, 9.17) is 0 Å². The summed E-state index contributed by atoms with van der Waals surface area (Å²) in [5, 5.41) is 0. The molecule has 6 aromatic rings. The molecule has 0 aliphatic heterocycles. The lowest BCUT2D eigenvalue weighted by Gasteiger charge is -2.28. The fourth-order valence-electron chi connectivity index (χ4n) is 10.5. The summed E-state index contributed by atoms with van der Waals surface area (Å²) in [6.45, 7) is 21.5. The number of hydrogen-bond acceptors (Lipinski definition) is 0. The van der Waals surface area contributed by atoms with Crippen LogP contribution in [0.15, 0.2) is 127 Å². The monoisotopic (exact) mass is 837 g/mol. The molecule has 1 atom stereocenters. The van der Waals surface area contributed by atoms with E-state index in [0.29, 0.717) is 11.8 Å². The lowest BCUT2D eigenvalue weighted by molar-refractivity contribution is 0.581. The van der Waals surface area contributed by atoms with Crippen molar-refractivity contribution in [2.75, 3.05) is 0 Å². The summed E-state index contributed by atoms with van der Waals surface area (Å²) in [7, 11) is 0. The van der Waals surface area contributed by atoms with Gasteiger partial charge in [-0.05, 0) is 198 Å². The lowest BCUT2D eigenvalue weighted by atomic mass is 9.77. The third-order valence-electron chi connectivity index (χ3n) is 14.1. The van der Waals surface area contributed by atoms with Gasteiger partial charge in [0.2, 0.25) is 0 Å². The van der Waals surface area contributed by atoms with Gasteiger partial charge in [0.25, 0.3) is 0 Å². The molecule has 0 saturated heterocycles. The SMILES string of the molecule is CCCCc1ccccc1CCc1c(C)c(CCc2ccccc2CC(C)C)c(CCc2ccccc2C(C)(C)C)c(CCc2ccccc2C(C)CC)c1CCc1ccccc1. The van der Waals surface area contributed by atoms with E-state index in [0.717, 1.165) is 77.0 Å². The van der Waals surface area contributed by atoms with E-state index >= 15 is 0 Å². The Morgan fingerprint density at radius 1 is 0.413 bits per heavy atom. The zero-order valence-corrected chi connectivity index (χ0v) is 40.9. The van der Waals surface area contributed by atoms with E-state index < -0.39 is 0 Å². The van der Waals surface area contributed by atoms with Crippen molar-refractivity contribution in [2.24, 2.45) is 5.92 Å². The van der Waals surface area contributed by atoms with Gasteiger partial charge in [-0.25, -0.2) is 0 Å². The minimum atomic E-state index is 0.0934. The first-order valence-corrected chi connectivity index (χ1v) is 25.0. The van der Waals surface area contributed by atoms with Crippen LogP contribution in [0.4, 0.5) is 0 Å². The van der Waals surface area contributed by atoms with Gasteiger partial charge < -0.3 is 0 Å². The van der Waals surface area contributed by atoms with Crippen LogP contribution >= 0.6 is 0 Å². The zero-order chi connectivity index (χ0) is 44.8. The molecule has 0 N–H and O–H groups in total. The van der Waals surface area contributed by atoms with Gasteiger partial charge >= 0.3 is 0 Å². The molecule has 0 aliphatic rings. The van der Waals surface area contributed by atoms with Gasteiger partial charge in [0.15, 0.2) is 0 Å². The van der Waals surface area contributed by atoms with E-state index in [1.807, 2.05) is 0 Å². The Kier molecular flexibility index (Phi) is 17.7. The quantitative estimate of drug-likeness (QED) is 0.0639. The maximum Gasteiger partial charge on any atom is -0.0129 e. The Morgan fingerprint density at radius 3 is 1.41 bits per heavy atom. The van der Waals surface area contributed by atoms with Crippen molar-refractivity contribution < 1.29 is 0 Å². The molecule has 0 heteroatoms. The van der Waals surface area contributed by atoms with Gasteiger partial charge in [0, 0.05) is 0 Å². The summed E-state index contributed by atoms with van der Waals surface area (Å²) in [5.41, 5.74) is 23.5. The number of rotatable bonds is 22. The molecule has 0 aromatic heterocycles. The van der Waals surface area contributed by atoms with Gasteiger partial charge in [-0.2, -0.15) is 0 Å². The predicted molar refractivity (Wildman–Crippen MR) is 275 cm³/mol. The van der Waals surface area contributed by atoms with Crippen LogP contribution in [0, 0.1) is 12.8 Å². The molecule has 1 unspecified atom stereocenters. The first-order chi connectivity index (χ1) is 30.5. The largest absolute Gasteiger partial charge is 0.0654 e. The third-order valence-corrected chi connectivity index (χ3v) is 14.1. The van der Waals surface area contributed by atoms with Crippen molar-refractivity contribution in [3.8, 4) is 0 Å². The van der Waals surface area contributed by atoms with Crippen molar-refractivity contribution in [1.82, 2.24) is 0 Å². The van der Waals surface area contributed by atoms with E-state index in [1.54, 1.807) is 38.9 Å². The zero-order valence-electron chi connectivity index (χ0n) is 40.9. The molecule has 0 heterocycles. The summed E-state index contributed by atoms with van der Waals surface area (Å²) in [4.78, 5) is 0. The van der Waals surface area contributed by atoms with Crippen LogP contribution < -0.4 is 0 Å². The highest BCUT2D eigenvalue weighted by Gasteiger charge is 2.24. The van der Waals surface area contributed by atoms with Gasteiger partial charge in [-0.15, -0.1) is 0 Å². The number of benzene rings is 6. The number of aryl methyl sites for hydroxylation is 6. The van der Waals surface area contributed by atoms with Crippen LogP contribution in [0.3, 0.4) is 0 Å². The maximum absolute atomic E-state index is 2.52. The average Bonchev–Trinajstić information content (AvgIpc) is 3.29. The molecule has 0 radical (unpaired) electrons. The van der Waals surface area contributed by atoms with Crippen molar-refractivity contribution >= 4 is 0 Å². The standard InChI is InChI=1S/C63H80/c1-10-12-26-50-27-16-17-28-51(50)36-41-57-48(6)58(42-37-52-29-18-19-32-55(52)45-46(3)4)60(44-39-54-31-21-23-34-62(54)63(7,8)9)61(59(57)40-35-49-24-14-13-15-25-49)43-38-53-30-20-22-33-56(53)47(5)11-2/h13-25,27-34,46-47H,10-12,26,35-45H2,1-9H3. The molecule has 332 valence electrons. The fourth-order valence-corrected chi connectivity index (χ4v) is 10.5. The summed E-state index contributed by atoms with van der Waals surface area (Å²) in [5.74, 6) is 1.18. The fraction of sp³-hybridized carbons (Fsp3) is 0.429. The molecule has 0 saturated carbocycles. The molecular weight excluding hydrogens is 757 g/mol. The normalized spacial score (nSPS) is 12.3. The van der Waals surface area contributed by atoms with E-state index in [2.05, 4.69) is 190 Å². The second-order valence-corrected chi connectivity index (χ2v) is 20.2. The number of hydrogen-bond donors (Lipinski definition) is 0. The van der Waals surface area contributed by atoms with Crippen LogP contribution in [0.1, 0.15) is 164 Å². The molecule has 0 aliphatic carbocycles. The van der Waals surface area contributed by atoms with Gasteiger partial charge in [0.1, 0.15) is 0 Å². The maximum atomic E-state index is 2.52. The Balaban J connectivity index is 1.56. The van der Waals surface area contributed by atoms with Crippen molar-refractivity contribution in [3.63, 3.8) is 0 Å². The van der Waals surface area contributed by atoms with Gasteiger partial charge in [-0.1, -0.05) is 189 Å². The molecule has 0 fully saturated rings. The topological polar surface area (TPSA) is 0 Å². The molecule has 0 bridgehead atoms. The molecule has 6 aromatic carbocycles. The van der Waals surface area contributed by atoms with Crippen LogP contribution in [-0.2, 0) is 82.5 Å². The highest BCUT2D eigenvalue weighted by Crippen LogP contribution is 2.36. The van der Waals surface area contributed by atoms with Crippen molar-refractivity contribution in [3.05, 3.63) is 211 Å². The molecule has 0 nitrogen and oxygen atoms in total. The van der Waals surface area contributed by atoms with Crippen LogP contribution in [0.2, 0.25) is 0 Å². The van der Waals surface area contributed by atoms with E-state index in [-0.39, 0.29) is 5.41 Å². The number of unbranched alkanes of at least 4 members (excludes halogenated alkanes) is 1. The summed E-state index contributed by atoms with van der Waals surface area (Å²) in [6.07, 6.45) is 16.7. The van der Waals surface area contributed by atoms with Crippen LogP contribution in [-0.4, -0.2) is 0 Å². The molecule has 0 spiro atoms. The summed E-state index contributed by atoms with van der Waals surface area (Å²) < 4.78 is 0. The van der Waals surface area contributed by atoms with Crippen LogP contribution in [0.25, 0.3) is 0 Å². The van der Waals surface area contributed by atoms with E-state index in [1.165, 1.54) is 63.8 Å². The highest BCUT2D eigenvalue weighted by atomic mass is 14.3. The first kappa shape index (κ1) is 47.8.